The van der Waals surface area contributed by atoms with E-state index in [2.05, 4.69) is 35.7 Å². The van der Waals surface area contributed by atoms with Crippen LogP contribution in [0.5, 0.6) is 0 Å². The molecule has 0 aliphatic carbocycles. The second kappa shape index (κ2) is 6.69. The molecule has 4 heteroatoms. The molecule has 1 fully saturated rings. The molecule has 0 aromatic heterocycles. The average Bonchev–Trinajstić information content (AvgIpc) is 2.27. The third kappa shape index (κ3) is 3.72. The molecule has 0 unspecified atom stereocenters. The van der Waals surface area contributed by atoms with Crippen molar-refractivity contribution in [1.29, 1.82) is 0 Å². The molecule has 0 atom stereocenters. The molecule has 3 nitrogen and oxygen atoms in total. The Hall–Kier alpha value is -0.740. The van der Waals surface area contributed by atoms with Gasteiger partial charge in [0.15, 0.2) is 0 Å². The molecule has 1 saturated heterocycles. The summed E-state index contributed by atoms with van der Waals surface area (Å²) >= 11 is 1.65. The average molecular weight is 225 g/mol. The lowest BCUT2D eigenvalue weighted by Crippen LogP contribution is -2.25. The number of aliphatic imine (C=N–C) groups is 1. The highest BCUT2D eigenvalue weighted by molar-refractivity contribution is 8.01. The zero-order valence-corrected chi connectivity index (χ0v) is 10.2. The first-order chi connectivity index (χ1) is 7.31. The third-order valence-corrected chi connectivity index (χ3v) is 3.06. The number of amidine groups is 1. The molecule has 0 spiro atoms. The topological polar surface area (TPSA) is 50.4 Å². The van der Waals surface area contributed by atoms with Gasteiger partial charge in [0.25, 0.3) is 0 Å². The van der Waals surface area contributed by atoms with Crippen LogP contribution in [0.2, 0.25) is 0 Å². The Balaban J connectivity index is 2.76. The summed E-state index contributed by atoms with van der Waals surface area (Å²) in [5.41, 5.74) is 6.74. The Kier molecular flexibility index (Phi) is 5.50. The summed E-state index contributed by atoms with van der Waals surface area (Å²) in [5.74, 6) is 0.998. The SMILES string of the molecule is C/C=C1\C/C(=C\CC)C(=NCCN)NS1. The highest BCUT2D eigenvalue weighted by Gasteiger charge is 2.15. The van der Waals surface area contributed by atoms with Crippen molar-refractivity contribution >= 4 is 17.8 Å². The minimum absolute atomic E-state index is 0.603. The van der Waals surface area contributed by atoms with E-state index in [0.29, 0.717) is 13.1 Å². The van der Waals surface area contributed by atoms with Crippen LogP contribution in [0.25, 0.3) is 0 Å². The van der Waals surface area contributed by atoms with Gasteiger partial charge in [-0.25, -0.2) is 0 Å². The fraction of sp³-hybridized carbons (Fsp3) is 0.545. The van der Waals surface area contributed by atoms with E-state index < -0.39 is 0 Å². The van der Waals surface area contributed by atoms with Gasteiger partial charge in [0.05, 0.1) is 6.54 Å². The van der Waals surface area contributed by atoms with Gasteiger partial charge in [-0.1, -0.05) is 19.1 Å². The molecule has 0 saturated carbocycles. The maximum Gasteiger partial charge on any atom is 0.134 e. The first kappa shape index (κ1) is 12.3. The van der Waals surface area contributed by atoms with Crippen LogP contribution in [0.4, 0.5) is 0 Å². The van der Waals surface area contributed by atoms with E-state index in [1.165, 1.54) is 10.5 Å². The lowest BCUT2D eigenvalue weighted by molar-refractivity contribution is 0.964. The van der Waals surface area contributed by atoms with Gasteiger partial charge in [-0.2, -0.15) is 0 Å². The number of allylic oxidation sites excluding steroid dienone is 3. The van der Waals surface area contributed by atoms with E-state index in [1.807, 2.05) is 0 Å². The maximum absolute atomic E-state index is 5.45. The van der Waals surface area contributed by atoms with Crippen LogP contribution in [-0.2, 0) is 0 Å². The molecule has 1 aliphatic rings. The minimum Gasteiger partial charge on any atom is -0.329 e. The van der Waals surface area contributed by atoms with E-state index in [-0.39, 0.29) is 0 Å². The van der Waals surface area contributed by atoms with Crippen LogP contribution in [0.3, 0.4) is 0 Å². The molecule has 0 bridgehead atoms. The van der Waals surface area contributed by atoms with Gasteiger partial charge < -0.3 is 10.5 Å². The Morgan fingerprint density at radius 1 is 1.60 bits per heavy atom. The largest absolute Gasteiger partial charge is 0.329 e. The molecule has 0 aromatic rings. The minimum atomic E-state index is 0.603. The predicted octanol–water partition coefficient (Wildman–Crippen LogP) is 2.23. The molecule has 15 heavy (non-hydrogen) atoms. The third-order valence-electron chi connectivity index (χ3n) is 2.12. The molecular weight excluding hydrogens is 206 g/mol. The quantitative estimate of drug-likeness (QED) is 0.724. The summed E-state index contributed by atoms with van der Waals surface area (Å²) in [4.78, 5) is 5.78. The van der Waals surface area contributed by atoms with Crippen molar-refractivity contribution in [3.63, 3.8) is 0 Å². The van der Waals surface area contributed by atoms with Crippen LogP contribution in [-0.4, -0.2) is 18.9 Å². The van der Waals surface area contributed by atoms with Gasteiger partial charge in [-0.05, 0) is 30.9 Å². The number of hydrogen-bond acceptors (Lipinski definition) is 3. The van der Waals surface area contributed by atoms with Crippen molar-refractivity contribution in [2.45, 2.75) is 26.7 Å². The van der Waals surface area contributed by atoms with Crippen molar-refractivity contribution < 1.29 is 0 Å². The first-order valence-corrected chi connectivity index (χ1v) is 6.15. The highest BCUT2D eigenvalue weighted by atomic mass is 32.2. The normalized spacial score (nSPS) is 24.9. The van der Waals surface area contributed by atoms with E-state index >= 15 is 0 Å². The standard InChI is InChI=1S/C11H19N3S/c1-3-5-9-8-10(4-2)15-14-11(9)13-7-6-12/h4-5H,3,6-8,12H2,1-2H3,(H,13,14)/b9-5+,10-4+. The molecule has 3 N–H and O–H groups in total. The van der Waals surface area contributed by atoms with E-state index in [0.717, 1.165) is 18.7 Å². The second-order valence-corrected chi connectivity index (χ2v) is 4.23. The Morgan fingerprint density at radius 2 is 2.40 bits per heavy atom. The van der Waals surface area contributed by atoms with Crippen molar-refractivity contribution in [2.75, 3.05) is 13.1 Å². The predicted molar refractivity (Wildman–Crippen MR) is 68.8 cm³/mol. The van der Waals surface area contributed by atoms with Gasteiger partial charge in [0.2, 0.25) is 0 Å². The van der Waals surface area contributed by atoms with Gasteiger partial charge >= 0.3 is 0 Å². The summed E-state index contributed by atoms with van der Waals surface area (Å²) in [6.07, 6.45) is 6.40. The lowest BCUT2D eigenvalue weighted by Gasteiger charge is -2.20. The first-order valence-electron chi connectivity index (χ1n) is 5.33. The molecule has 0 radical (unpaired) electrons. The Bertz CT molecular complexity index is 292. The Morgan fingerprint density at radius 3 is 3.00 bits per heavy atom. The van der Waals surface area contributed by atoms with Crippen LogP contribution >= 0.6 is 11.9 Å². The number of hydrogen-bond donors (Lipinski definition) is 2. The molecule has 0 amide bonds. The summed E-state index contributed by atoms with van der Waals surface area (Å²) in [6, 6.07) is 0. The molecular formula is C11H19N3S. The number of nitrogens with zero attached hydrogens (tertiary/aromatic N) is 1. The Labute approximate surface area is 96.0 Å². The van der Waals surface area contributed by atoms with Crippen molar-refractivity contribution in [3.8, 4) is 0 Å². The zero-order valence-electron chi connectivity index (χ0n) is 9.42. The monoisotopic (exact) mass is 225 g/mol. The molecule has 1 aliphatic heterocycles. The second-order valence-electron chi connectivity index (χ2n) is 3.29. The number of rotatable bonds is 3. The fourth-order valence-electron chi connectivity index (χ4n) is 1.37. The van der Waals surface area contributed by atoms with E-state index in [4.69, 9.17) is 5.73 Å². The fourth-order valence-corrected chi connectivity index (χ4v) is 2.14. The summed E-state index contributed by atoms with van der Waals surface area (Å²) < 4.78 is 3.26. The van der Waals surface area contributed by atoms with Gasteiger partial charge in [0.1, 0.15) is 5.84 Å². The zero-order chi connectivity index (χ0) is 11.1. The summed E-state index contributed by atoms with van der Waals surface area (Å²) in [7, 11) is 0. The molecule has 84 valence electrons. The number of nitrogens with one attached hydrogen (secondary N) is 1. The van der Waals surface area contributed by atoms with Crippen molar-refractivity contribution in [3.05, 3.63) is 22.6 Å². The van der Waals surface area contributed by atoms with Crippen LogP contribution < -0.4 is 10.5 Å². The van der Waals surface area contributed by atoms with E-state index in [9.17, 15) is 0 Å². The molecule has 1 heterocycles. The lowest BCUT2D eigenvalue weighted by atomic mass is 10.1. The van der Waals surface area contributed by atoms with Gasteiger partial charge in [0, 0.05) is 17.9 Å². The summed E-state index contributed by atoms with van der Waals surface area (Å²) in [5, 5.41) is 0. The number of nitrogens with two attached hydrogens (primary N) is 1. The van der Waals surface area contributed by atoms with Crippen LogP contribution in [0, 0.1) is 0 Å². The maximum atomic E-state index is 5.45. The van der Waals surface area contributed by atoms with Crippen molar-refractivity contribution in [2.24, 2.45) is 10.7 Å². The smallest absolute Gasteiger partial charge is 0.134 e. The van der Waals surface area contributed by atoms with Gasteiger partial charge in [-0.15, -0.1) is 0 Å². The summed E-state index contributed by atoms with van der Waals surface area (Å²) in [6.45, 7) is 5.50. The highest BCUT2D eigenvalue weighted by Crippen LogP contribution is 2.27. The molecule has 1 rings (SSSR count). The van der Waals surface area contributed by atoms with Crippen LogP contribution in [0.1, 0.15) is 26.7 Å². The molecule has 0 aromatic carbocycles. The van der Waals surface area contributed by atoms with Gasteiger partial charge in [-0.3, -0.25) is 4.99 Å². The van der Waals surface area contributed by atoms with Crippen molar-refractivity contribution in [1.82, 2.24) is 4.72 Å². The van der Waals surface area contributed by atoms with E-state index in [1.54, 1.807) is 11.9 Å². The van der Waals surface area contributed by atoms with Crippen LogP contribution in [0.15, 0.2) is 27.6 Å².